The lowest BCUT2D eigenvalue weighted by Crippen LogP contribution is -2.01. The molecule has 0 unspecified atom stereocenters. The van der Waals surface area contributed by atoms with Crippen molar-refractivity contribution in [2.75, 3.05) is 7.11 Å². The first kappa shape index (κ1) is 12.0. The molecule has 0 saturated carbocycles. The van der Waals surface area contributed by atoms with Gasteiger partial charge in [0.25, 0.3) is 0 Å². The molecule has 1 aromatic heterocycles. The summed E-state index contributed by atoms with van der Waals surface area (Å²) in [5.41, 5.74) is 2.78. The van der Waals surface area contributed by atoms with Gasteiger partial charge in [-0.05, 0) is 6.92 Å². The SMILES string of the molecule is COCc1nc(Cl)c(C)c(-c2ccccc2)n1. The number of methoxy groups -OCH3 is 1. The summed E-state index contributed by atoms with van der Waals surface area (Å²) in [6.07, 6.45) is 0. The van der Waals surface area contributed by atoms with Crippen LogP contribution in [0, 0.1) is 6.92 Å². The van der Waals surface area contributed by atoms with Gasteiger partial charge in [0.15, 0.2) is 5.82 Å². The molecule has 3 nitrogen and oxygen atoms in total. The molecule has 0 bridgehead atoms. The van der Waals surface area contributed by atoms with Crippen LogP contribution in [0.25, 0.3) is 11.3 Å². The van der Waals surface area contributed by atoms with E-state index in [0.717, 1.165) is 16.8 Å². The maximum absolute atomic E-state index is 6.10. The van der Waals surface area contributed by atoms with Crippen molar-refractivity contribution in [2.45, 2.75) is 13.5 Å². The van der Waals surface area contributed by atoms with Crippen molar-refractivity contribution >= 4 is 11.6 Å². The van der Waals surface area contributed by atoms with Crippen molar-refractivity contribution in [1.29, 1.82) is 0 Å². The van der Waals surface area contributed by atoms with Gasteiger partial charge in [0.1, 0.15) is 11.8 Å². The zero-order valence-corrected chi connectivity index (χ0v) is 10.5. The number of nitrogens with zero attached hydrogens (tertiary/aromatic N) is 2. The quantitative estimate of drug-likeness (QED) is 0.782. The average molecular weight is 249 g/mol. The molecule has 1 aromatic carbocycles. The number of benzene rings is 1. The topological polar surface area (TPSA) is 35.0 Å². The summed E-state index contributed by atoms with van der Waals surface area (Å²) in [4.78, 5) is 8.65. The lowest BCUT2D eigenvalue weighted by Gasteiger charge is -2.08. The van der Waals surface area contributed by atoms with Crippen LogP contribution in [-0.2, 0) is 11.3 Å². The van der Waals surface area contributed by atoms with Crippen LogP contribution in [-0.4, -0.2) is 17.1 Å². The Kier molecular flexibility index (Phi) is 3.71. The number of halogens is 1. The van der Waals surface area contributed by atoms with Gasteiger partial charge in [0.05, 0.1) is 5.69 Å². The Morgan fingerprint density at radius 1 is 1.18 bits per heavy atom. The maximum atomic E-state index is 6.10. The van der Waals surface area contributed by atoms with Crippen LogP contribution in [0.15, 0.2) is 30.3 Å². The Balaban J connectivity index is 2.53. The number of ether oxygens (including phenoxy) is 1. The van der Waals surface area contributed by atoms with Gasteiger partial charge in [-0.15, -0.1) is 0 Å². The minimum absolute atomic E-state index is 0.361. The molecule has 0 N–H and O–H groups in total. The van der Waals surface area contributed by atoms with Crippen molar-refractivity contribution in [3.63, 3.8) is 0 Å². The van der Waals surface area contributed by atoms with Gasteiger partial charge in [-0.1, -0.05) is 41.9 Å². The molecule has 1 heterocycles. The van der Waals surface area contributed by atoms with E-state index in [4.69, 9.17) is 16.3 Å². The third kappa shape index (κ3) is 2.62. The normalized spacial score (nSPS) is 10.5. The summed E-state index contributed by atoms with van der Waals surface area (Å²) in [6, 6.07) is 9.92. The van der Waals surface area contributed by atoms with Crippen LogP contribution in [0.2, 0.25) is 5.15 Å². The molecule has 0 aliphatic rings. The van der Waals surface area contributed by atoms with E-state index in [1.54, 1.807) is 7.11 Å². The van der Waals surface area contributed by atoms with E-state index in [2.05, 4.69) is 9.97 Å². The monoisotopic (exact) mass is 248 g/mol. The summed E-state index contributed by atoms with van der Waals surface area (Å²) in [5.74, 6) is 0.599. The molecule has 88 valence electrons. The smallest absolute Gasteiger partial charge is 0.156 e. The van der Waals surface area contributed by atoms with Gasteiger partial charge in [0, 0.05) is 18.2 Å². The molecule has 0 fully saturated rings. The van der Waals surface area contributed by atoms with E-state index in [0.29, 0.717) is 17.6 Å². The lowest BCUT2D eigenvalue weighted by atomic mass is 10.1. The second kappa shape index (κ2) is 5.25. The standard InChI is InChI=1S/C13H13ClN2O/c1-9-12(10-6-4-3-5-7-10)15-11(8-17-2)16-13(9)14/h3-7H,8H2,1-2H3. The van der Waals surface area contributed by atoms with Crippen molar-refractivity contribution in [3.05, 3.63) is 46.9 Å². The summed E-state index contributed by atoms with van der Waals surface area (Å²) >= 11 is 6.10. The highest BCUT2D eigenvalue weighted by molar-refractivity contribution is 6.30. The zero-order valence-electron chi connectivity index (χ0n) is 9.77. The summed E-state index contributed by atoms with van der Waals surface area (Å²) in [6.45, 7) is 2.28. The summed E-state index contributed by atoms with van der Waals surface area (Å²) in [7, 11) is 1.61. The highest BCUT2D eigenvalue weighted by Gasteiger charge is 2.10. The molecule has 4 heteroatoms. The first-order chi connectivity index (χ1) is 8.22. The van der Waals surface area contributed by atoms with Gasteiger partial charge in [-0.3, -0.25) is 0 Å². The van der Waals surface area contributed by atoms with Gasteiger partial charge in [-0.25, -0.2) is 9.97 Å². The number of rotatable bonds is 3. The zero-order chi connectivity index (χ0) is 12.3. The van der Waals surface area contributed by atoms with E-state index in [9.17, 15) is 0 Å². The van der Waals surface area contributed by atoms with Gasteiger partial charge in [0.2, 0.25) is 0 Å². The highest BCUT2D eigenvalue weighted by Crippen LogP contribution is 2.25. The molecular formula is C13H13ClN2O. The Bertz CT molecular complexity index is 514. The number of aromatic nitrogens is 2. The summed E-state index contributed by atoms with van der Waals surface area (Å²) < 4.78 is 5.03. The Morgan fingerprint density at radius 2 is 1.88 bits per heavy atom. The molecule has 0 spiro atoms. The van der Waals surface area contributed by atoms with E-state index in [-0.39, 0.29) is 0 Å². The predicted molar refractivity (Wildman–Crippen MR) is 67.9 cm³/mol. The highest BCUT2D eigenvalue weighted by atomic mass is 35.5. The van der Waals surface area contributed by atoms with Gasteiger partial charge >= 0.3 is 0 Å². The summed E-state index contributed by atoms with van der Waals surface area (Å²) in [5, 5.41) is 0.478. The van der Waals surface area contributed by atoms with E-state index in [1.165, 1.54) is 0 Å². The fourth-order valence-corrected chi connectivity index (χ4v) is 1.79. The number of hydrogen-bond acceptors (Lipinski definition) is 3. The van der Waals surface area contributed by atoms with E-state index < -0.39 is 0 Å². The predicted octanol–water partition coefficient (Wildman–Crippen LogP) is 3.25. The molecule has 0 radical (unpaired) electrons. The molecule has 2 rings (SSSR count). The fraction of sp³-hybridized carbons (Fsp3) is 0.231. The fourth-order valence-electron chi connectivity index (χ4n) is 1.60. The molecule has 0 aliphatic carbocycles. The maximum Gasteiger partial charge on any atom is 0.156 e. The molecule has 2 aromatic rings. The Hall–Kier alpha value is -1.45. The second-order valence-corrected chi connectivity index (χ2v) is 4.06. The number of hydrogen-bond donors (Lipinski definition) is 0. The lowest BCUT2D eigenvalue weighted by molar-refractivity contribution is 0.178. The first-order valence-electron chi connectivity index (χ1n) is 5.29. The molecular weight excluding hydrogens is 236 g/mol. The third-order valence-corrected chi connectivity index (χ3v) is 2.82. The van der Waals surface area contributed by atoms with Crippen molar-refractivity contribution in [2.24, 2.45) is 0 Å². The first-order valence-corrected chi connectivity index (χ1v) is 5.67. The van der Waals surface area contributed by atoms with Crippen LogP contribution >= 0.6 is 11.6 Å². The second-order valence-electron chi connectivity index (χ2n) is 3.70. The van der Waals surface area contributed by atoms with Crippen LogP contribution in [0.3, 0.4) is 0 Å². The largest absolute Gasteiger partial charge is 0.377 e. The van der Waals surface area contributed by atoms with Crippen molar-refractivity contribution in [1.82, 2.24) is 9.97 Å². The van der Waals surface area contributed by atoms with Crippen LogP contribution < -0.4 is 0 Å². The Morgan fingerprint density at radius 3 is 2.53 bits per heavy atom. The van der Waals surface area contributed by atoms with E-state index >= 15 is 0 Å². The van der Waals surface area contributed by atoms with E-state index in [1.807, 2.05) is 37.3 Å². The molecule has 17 heavy (non-hydrogen) atoms. The van der Waals surface area contributed by atoms with Crippen LogP contribution in [0.4, 0.5) is 0 Å². The van der Waals surface area contributed by atoms with Gasteiger partial charge in [-0.2, -0.15) is 0 Å². The molecule has 0 atom stereocenters. The average Bonchev–Trinajstić information content (AvgIpc) is 2.35. The Labute approximate surface area is 105 Å². The van der Waals surface area contributed by atoms with Crippen molar-refractivity contribution in [3.8, 4) is 11.3 Å². The minimum Gasteiger partial charge on any atom is -0.377 e. The van der Waals surface area contributed by atoms with Crippen molar-refractivity contribution < 1.29 is 4.74 Å². The van der Waals surface area contributed by atoms with Gasteiger partial charge < -0.3 is 4.74 Å². The van der Waals surface area contributed by atoms with Crippen LogP contribution in [0.5, 0.6) is 0 Å². The molecule has 0 saturated heterocycles. The molecule has 0 amide bonds. The minimum atomic E-state index is 0.361. The van der Waals surface area contributed by atoms with Crippen LogP contribution in [0.1, 0.15) is 11.4 Å². The molecule has 0 aliphatic heterocycles. The third-order valence-electron chi connectivity index (χ3n) is 2.45.